The highest BCUT2D eigenvalue weighted by Gasteiger charge is 2.23. The van der Waals surface area contributed by atoms with Gasteiger partial charge in [-0.05, 0) is 12.8 Å². The van der Waals surface area contributed by atoms with Crippen LogP contribution in [-0.2, 0) is 0 Å². The van der Waals surface area contributed by atoms with Crippen LogP contribution in [0.3, 0.4) is 0 Å². The van der Waals surface area contributed by atoms with Crippen molar-refractivity contribution in [3.05, 3.63) is 17.7 Å². The molecule has 1 atom stereocenters. The summed E-state index contributed by atoms with van der Waals surface area (Å²) in [4.78, 5) is 22.6. The fraction of sp³-hybridized carbons (Fsp3) is 0.643. The van der Waals surface area contributed by atoms with Gasteiger partial charge in [-0.2, -0.15) is 0 Å². The molecule has 19 heavy (non-hydrogen) atoms. The number of aromatic nitrogens is 2. The summed E-state index contributed by atoms with van der Waals surface area (Å²) in [6.45, 7) is 10.2. The second-order valence-corrected chi connectivity index (χ2v) is 5.59. The number of hydrogen-bond acceptors (Lipinski definition) is 4. The van der Waals surface area contributed by atoms with Gasteiger partial charge in [0.1, 0.15) is 5.82 Å². The van der Waals surface area contributed by atoms with E-state index in [9.17, 15) is 4.79 Å². The van der Waals surface area contributed by atoms with Crippen LogP contribution in [-0.4, -0.2) is 33.9 Å². The molecule has 5 nitrogen and oxygen atoms in total. The van der Waals surface area contributed by atoms with Crippen LogP contribution in [0.4, 0.5) is 5.69 Å². The van der Waals surface area contributed by atoms with E-state index in [1.54, 1.807) is 11.9 Å². The quantitative estimate of drug-likeness (QED) is 0.905. The normalized spacial score (nSPS) is 12.8. The molecular weight excluding hydrogens is 240 g/mol. The van der Waals surface area contributed by atoms with Crippen molar-refractivity contribution in [2.75, 3.05) is 12.8 Å². The number of nitrogens with two attached hydrogens (primary N) is 1. The van der Waals surface area contributed by atoms with Gasteiger partial charge in [0.05, 0.1) is 11.9 Å². The van der Waals surface area contributed by atoms with Crippen LogP contribution in [0.25, 0.3) is 0 Å². The van der Waals surface area contributed by atoms with E-state index in [2.05, 4.69) is 23.8 Å². The molecule has 1 aromatic heterocycles. The summed E-state index contributed by atoms with van der Waals surface area (Å²) in [6.07, 6.45) is 1.52. The van der Waals surface area contributed by atoms with Crippen LogP contribution >= 0.6 is 0 Å². The summed E-state index contributed by atoms with van der Waals surface area (Å²) in [6, 6.07) is 0.129. The smallest absolute Gasteiger partial charge is 0.274 e. The fourth-order valence-corrected chi connectivity index (χ4v) is 1.65. The molecule has 0 saturated heterocycles. The summed E-state index contributed by atoms with van der Waals surface area (Å²) < 4.78 is 0. The number of carbonyl (C=O) groups excluding carboxylic acids is 1. The molecule has 1 aromatic rings. The van der Waals surface area contributed by atoms with Crippen molar-refractivity contribution in [3.63, 3.8) is 0 Å². The van der Waals surface area contributed by atoms with Gasteiger partial charge in [0.15, 0.2) is 5.69 Å². The average Bonchev–Trinajstić information content (AvgIpc) is 2.36. The van der Waals surface area contributed by atoms with E-state index in [1.165, 1.54) is 6.20 Å². The van der Waals surface area contributed by atoms with Crippen LogP contribution < -0.4 is 5.73 Å². The van der Waals surface area contributed by atoms with Crippen LogP contribution in [0.2, 0.25) is 0 Å². The largest absolute Gasteiger partial charge is 0.396 e. The van der Waals surface area contributed by atoms with Gasteiger partial charge in [0.25, 0.3) is 5.91 Å². The van der Waals surface area contributed by atoms with Crippen LogP contribution in [0.5, 0.6) is 0 Å². The van der Waals surface area contributed by atoms with E-state index in [0.29, 0.717) is 23.1 Å². The van der Waals surface area contributed by atoms with E-state index < -0.39 is 0 Å². The van der Waals surface area contributed by atoms with Crippen molar-refractivity contribution < 1.29 is 4.79 Å². The van der Waals surface area contributed by atoms with Crippen molar-refractivity contribution in [1.82, 2.24) is 14.9 Å². The minimum absolute atomic E-state index is 0.129. The first-order valence-electron chi connectivity index (χ1n) is 6.65. The predicted molar refractivity (Wildman–Crippen MR) is 76.9 cm³/mol. The molecule has 5 heteroatoms. The first-order chi connectivity index (χ1) is 8.75. The monoisotopic (exact) mass is 264 g/mol. The average molecular weight is 264 g/mol. The maximum atomic E-state index is 12.4. The van der Waals surface area contributed by atoms with Crippen molar-refractivity contribution in [2.24, 2.45) is 5.92 Å². The topological polar surface area (TPSA) is 72.1 Å². The van der Waals surface area contributed by atoms with E-state index in [0.717, 1.165) is 0 Å². The Labute approximate surface area is 115 Å². The molecule has 0 aliphatic carbocycles. The van der Waals surface area contributed by atoms with Gasteiger partial charge in [-0.3, -0.25) is 4.79 Å². The lowest BCUT2D eigenvalue weighted by molar-refractivity contribution is 0.0701. The number of rotatable bonds is 4. The van der Waals surface area contributed by atoms with E-state index in [4.69, 9.17) is 5.73 Å². The van der Waals surface area contributed by atoms with Gasteiger partial charge in [0, 0.05) is 19.0 Å². The number of nitrogen functional groups attached to an aromatic ring is 1. The molecule has 0 aromatic carbocycles. The summed E-state index contributed by atoms with van der Waals surface area (Å²) >= 11 is 0. The first kappa shape index (κ1) is 15.4. The Hall–Kier alpha value is -1.65. The number of carbonyl (C=O) groups is 1. The highest BCUT2D eigenvalue weighted by molar-refractivity contribution is 5.97. The lowest BCUT2D eigenvalue weighted by atomic mass is 10.0. The van der Waals surface area contributed by atoms with E-state index >= 15 is 0 Å². The van der Waals surface area contributed by atoms with Crippen molar-refractivity contribution >= 4 is 11.6 Å². The third-order valence-corrected chi connectivity index (χ3v) is 3.45. The summed E-state index contributed by atoms with van der Waals surface area (Å²) in [7, 11) is 1.78. The molecule has 0 saturated carbocycles. The molecule has 0 aliphatic heterocycles. The molecule has 1 amide bonds. The highest BCUT2D eigenvalue weighted by atomic mass is 16.2. The maximum absolute atomic E-state index is 12.4. The summed E-state index contributed by atoms with van der Waals surface area (Å²) in [5.74, 6) is 1.03. The minimum atomic E-state index is -0.150. The van der Waals surface area contributed by atoms with Crippen molar-refractivity contribution in [2.45, 2.75) is 46.6 Å². The number of anilines is 1. The number of nitrogens with zero attached hydrogens (tertiary/aromatic N) is 3. The Balaban J connectivity index is 3.08. The molecule has 1 heterocycles. The Morgan fingerprint density at radius 2 is 1.84 bits per heavy atom. The zero-order valence-electron chi connectivity index (χ0n) is 12.6. The van der Waals surface area contributed by atoms with Crippen LogP contribution in [0.15, 0.2) is 6.20 Å². The third kappa shape index (κ3) is 3.43. The second-order valence-electron chi connectivity index (χ2n) is 5.59. The highest BCUT2D eigenvalue weighted by Crippen LogP contribution is 2.17. The molecular formula is C14H24N4O. The summed E-state index contributed by atoms with van der Waals surface area (Å²) in [5.41, 5.74) is 6.46. The lowest BCUT2D eigenvalue weighted by Crippen LogP contribution is -2.39. The molecule has 0 aliphatic rings. The second kappa shape index (κ2) is 5.99. The van der Waals surface area contributed by atoms with Gasteiger partial charge in [-0.15, -0.1) is 0 Å². The molecule has 1 rings (SSSR count). The molecule has 2 N–H and O–H groups in total. The lowest BCUT2D eigenvalue weighted by Gasteiger charge is -2.28. The first-order valence-corrected chi connectivity index (χ1v) is 6.65. The van der Waals surface area contributed by atoms with Gasteiger partial charge in [0.2, 0.25) is 0 Å². The van der Waals surface area contributed by atoms with Gasteiger partial charge in [-0.25, -0.2) is 9.97 Å². The zero-order chi connectivity index (χ0) is 14.7. The molecule has 106 valence electrons. The number of hydrogen-bond donors (Lipinski definition) is 1. The fourth-order valence-electron chi connectivity index (χ4n) is 1.65. The Morgan fingerprint density at radius 1 is 1.26 bits per heavy atom. The maximum Gasteiger partial charge on any atom is 0.274 e. The van der Waals surface area contributed by atoms with Crippen LogP contribution in [0.1, 0.15) is 56.8 Å². The van der Waals surface area contributed by atoms with Crippen molar-refractivity contribution in [3.8, 4) is 0 Å². The van der Waals surface area contributed by atoms with Gasteiger partial charge in [-0.1, -0.05) is 27.7 Å². The Bertz CT molecular complexity index is 457. The molecule has 1 unspecified atom stereocenters. The standard InChI is InChI=1S/C14H24N4O/c1-8(2)10(5)18(6)14(19)12-11(15)7-16-13(17-12)9(3)4/h7-10H,15H2,1-6H3. The Kier molecular flexibility index (Phi) is 4.86. The predicted octanol–water partition coefficient (Wildman–Crippen LogP) is 2.30. The van der Waals surface area contributed by atoms with E-state index in [-0.39, 0.29) is 17.9 Å². The van der Waals surface area contributed by atoms with Gasteiger partial charge < -0.3 is 10.6 Å². The third-order valence-electron chi connectivity index (χ3n) is 3.45. The van der Waals surface area contributed by atoms with Gasteiger partial charge >= 0.3 is 0 Å². The SMILES string of the molecule is CC(C)c1ncc(N)c(C(=O)N(C)C(C)C(C)C)n1. The molecule has 0 spiro atoms. The molecule has 0 fully saturated rings. The van der Waals surface area contributed by atoms with Crippen molar-refractivity contribution in [1.29, 1.82) is 0 Å². The number of amides is 1. The van der Waals surface area contributed by atoms with Crippen LogP contribution in [0, 0.1) is 5.92 Å². The molecule has 0 radical (unpaired) electrons. The Morgan fingerprint density at radius 3 is 2.32 bits per heavy atom. The summed E-state index contributed by atoms with van der Waals surface area (Å²) in [5, 5.41) is 0. The minimum Gasteiger partial charge on any atom is -0.396 e. The zero-order valence-corrected chi connectivity index (χ0v) is 12.6. The van der Waals surface area contributed by atoms with E-state index in [1.807, 2.05) is 20.8 Å². The molecule has 0 bridgehead atoms.